The maximum Gasteiger partial charge on any atom is 0.330 e. The Hall–Kier alpha value is -1.39. The summed E-state index contributed by atoms with van der Waals surface area (Å²) in [5.41, 5.74) is 3.48. The minimum atomic E-state index is -0.515. The van der Waals surface area contributed by atoms with E-state index in [0.29, 0.717) is 6.42 Å². The van der Waals surface area contributed by atoms with Gasteiger partial charge in [-0.05, 0) is 52.0 Å². The number of carbonyl (C=O) groups excluding carboxylic acids is 1. The molecule has 0 aliphatic heterocycles. The summed E-state index contributed by atoms with van der Waals surface area (Å²) in [5, 5.41) is 0. The van der Waals surface area contributed by atoms with Crippen molar-refractivity contribution < 1.29 is 19.0 Å². The molecule has 0 aromatic rings. The van der Waals surface area contributed by atoms with E-state index in [-0.39, 0.29) is 0 Å². The molecular weight excluding hydrogens is 280 g/mol. The molecule has 22 heavy (non-hydrogen) atoms. The van der Waals surface area contributed by atoms with Crippen LogP contribution in [0.25, 0.3) is 0 Å². The first-order valence-electron chi connectivity index (χ1n) is 7.57. The van der Waals surface area contributed by atoms with Gasteiger partial charge in [-0.15, -0.1) is 0 Å². The van der Waals surface area contributed by atoms with Crippen LogP contribution in [0.1, 0.15) is 46.5 Å². The molecule has 0 bridgehead atoms. The minimum Gasteiger partial charge on any atom is -0.466 e. The molecule has 0 rings (SSSR count). The lowest BCUT2D eigenvalue weighted by atomic mass is 10.1. The molecule has 0 aliphatic carbocycles. The van der Waals surface area contributed by atoms with Gasteiger partial charge in [0.25, 0.3) is 0 Å². The lowest BCUT2D eigenvalue weighted by Gasteiger charge is -2.16. The zero-order valence-electron chi connectivity index (χ0n) is 14.8. The van der Waals surface area contributed by atoms with Gasteiger partial charge in [-0.25, -0.2) is 4.79 Å². The van der Waals surface area contributed by atoms with Crippen molar-refractivity contribution in [2.75, 3.05) is 21.3 Å². The molecule has 0 amide bonds. The second kappa shape index (κ2) is 12.2. The van der Waals surface area contributed by atoms with E-state index >= 15 is 0 Å². The fraction of sp³-hybridized carbons (Fsp3) is 0.611. The van der Waals surface area contributed by atoms with Crippen molar-refractivity contribution in [2.24, 2.45) is 0 Å². The first-order valence-corrected chi connectivity index (χ1v) is 7.57. The van der Waals surface area contributed by atoms with Crippen LogP contribution in [0, 0.1) is 0 Å². The van der Waals surface area contributed by atoms with E-state index in [4.69, 9.17) is 9.47 Å². The highest BCUT2D eigenvalue weighted by Gasteiger charge is 2.13. The van der Waals surface area contributed by atoms with Gasteiger partial charge in [0.05, 0.1) is 7.11 Å². The van der Waals surface area contributed by atoms with Crippen molar-refractivity contribution in [3.8, 4) is 0 Å². The van der Waals surface area contributed by atoms with E-state index in [1.165, 1.54) is 24.3 Å². The van der Waals surface area contributed by atoms with Gasteiger partial charge in [-0.3, -0.25) is 0 Å². The van der Waals surface area contributed by atoms with Crippen LogP contribution < -0.4 is 0 Å². The summed E-state index contributed by atoms with van der Waals surface area (Å²) >= 11 is 0. The van der Waals surface area contributed by atoms with E-state index in [1.807, 2.05) is 0 Å². The van der Waals surface area contributed by atoms with Crippen molar-refractivity contribution in [2.45, 2.75) is 52.7 Å². The van der Waals surface area contributed by atoms with Crippen LogP contribution in [-0.2, 0) is 19.0 Å². The van der Waals surface area contributed by atoms with Crippen LogP contribution in [0.15, 0.2) is 34.9 Å². The molecule has 0 saturated heterocycles. The molecule has 0 spiro atoms. The Morgan fingerprint density at radius 1 is 0.955 bits per heavy atom. The highest BCUT2D eigenvalue weighted by atomic mass is 16.7. The average Bonchev–Trinajstić information content (AvgIpc) is 2.47. The summed E-state index contributed by atoms with van der Waals surface area (Å²) < 4.78 is 15.1. The average molecular weight is 310 g/mol. The number of methoxy groups -OCH3 is 3. The Balaban J connectivity index is 4.59. The van der Waals surface area contributed by atoms with Crippen LogP contribution in [0.2, 0.25) is 0 Å². The molecule has 0 unspecified atom stereocenters. The van der Waals surface area contributed by atoms with E-state index in [1.54, 1.807) is 14.2 Å². The predicted octanol–water partition coefficient (Wildman–Crippen LogP) is 4.18. The number of ether oxygens (including phenoxy) is 3. The Morgan fingerprint density at radius 3 is 2.05 bits per heavy atom. The van der Waals surface area contributed by atoms with Gasteiger partial charge < -0.3 is 14.2 Å². The summed E-state index contributed by atoms with van der Waals surface area (Å²) in [6.07, 6.45) is 9.03. The van der Waals surface area contributed by atoms with Crippen LogP contribution in [-0.4, -0.2) is 33.6 Å². The number of hydrogen-bond donors (Lipinski definition) is 0. The first kappa shape index (κ1) is 20.6. The van der Waals surface area contributed by atoms with Crippen LogP contribution >= 0.6 is 0 Å². The van der Waals surface area contributed by atoms with Crippen LogP contribution in [0.4, 0.5) is 0 Å². The number of esters is 1. The highest BCUT2D eigenvalue weighted by Crippen LogP contribution is 2.16. The summed E-state index contributed by atoms with van der Waals surface area (Å²) in [5.74, 6) is -0.390. The quantitative estimate of drug-likeness (QED) is 0.263. The topological polar surface area (TPSA) is 44.8 Å². The molecule has 0 aromatic carbocycles. The third-order valence-electron chi connectivity index (χ3n) is 3.25. The first-order chi connectivity index (χ1) is 10.4. The van der Waals surface area contributed by atoms with E-state index in [9.17, 15) is 4.79 Å². The molecule has 0 saturated carbocycles. The molecule has 0 N–H and O–H groups in total. The van der Waals surface area contributed by atoms with Crippen molar-refractivity contribution in [3.05, 3.63) is 34.9 Å². The van der Waals surface area contributed by atoms with Gasteiger partial charge in [-0.2, -0.15) is 0 Å². The van der Waals surface area contributed by atoms with E-state index in [2.05, 4.69) is 37.7 Å². The summed E-state index contributed by atoms with van der Waals surface area (Å²) in [6, 6.07) is 0. The fourth-order valence-corrected chi connectivity index (χ4v) is 2.04. The van der Waals surface area contributed by atoms with E-state index in [0.717, 1.165) is 24.8 Å². The van der Waals surface area contributed by atoms with Gasteiger partial charge in [0.1, 0.15) is 0 Å². The van der Waals surface area contributed by atoms with Gasteiger partial charge in [0, 0.05) is 20.3 Å². The molecular formula is C18H30O4. The minimum absolute atomic E-state index is 0.390. The smallest absolute Gasteiger partial charge is 0.330 e. The zero-order chi connectivity index (χ0) is 17.0. The zero-order valence-corrected chi connectivity index (χ0v) is 14.8. The summed E-state index contributed by atoms with van der Waals surface area (Å²) in [7, 11) is 4.47. The normalized spacial score (nSPS) is 12.5. The van der Waals surface area contributed by atoms with Gasteiger partial charge in [0.15, 0.2) is 6.29 Å². The number of allylic oxidation sites excluding steroid dienone is 4. The van der Waals surface area contributed by atoms with Crippen molar-refractivity contribution in [1.82, 2.24) is 0 Å². The van der Waals surface area contributed by atoms with Crippen molar-refractivity contribution in [3.63, 3.8) is 0 Å². The lowest BCUT2D eigenvalue weighted by Crippen LogP contribution is -2.17. The second-order valence-corrected chi connectivity index (χ2v) is 5.46. The maximum absolute atomic E-state index is 11.4. The second-order valence-electron chi connectivity index (χ2n) is 5.46. The number of carbonyl (C=O) groups is 1. The fourth-order valence-electron chi connectivity index (χ4n) is 2.04. The Kier molecular flexibility index (Phi) is 11.4. The standard InChI is InChI=1S/C18H30O4/c1-14(2)9-7-10-15(3)11-8-12-16(13-17(19)20-4)18(21-5)22-6/h9,11,13,18H,7-8,10,12H2,1-6H3/b15-11+,16-13-. The maximum atomic E-state index is 11.4. The molecule has 4 heteroatoms. The molecule has 126 valence electrons. The van der Waals surface area contributed by atoms with E-state index < -0.39 is 12.3 Å². The molecule has 4 nitrogen and oxygen atoms in total. The summed E-state index contributed by atoms with van der Waals surface area (Å²) in [4.78, 5) is 11.4. The predicted molar refractivity (Wildman–Crippen MR) is 89.6 cm³/mol. The molecule has 0 aliphatic rings. The number of rotatable bonds is 10. The molecule has 0 fully saturated rings. The SMILES string of the molecule is COC(=O)/C=C(/CC/C=C(\C)CCC=C(C)C)C(OC)OC. The Bertz CT molecular complexity index is 411. The molecule has 0 aromatic heterocycles. The largest absolute Gasteiger partial charge is 0.466 e. The molecule has 0 atom stereocenters. The Labute approximate surface area is 134 Å². The van der Waals surface area contributed by atoms with Crippen LogP contribution in [0.3, 0.4) is 0 Å². The van der Waals surface area contributed by atoms with Crippen molar-refractivity contribution in [1.29, 1.82) is 0 Å². The van der Waals surface area contributed by atoms with Gasteiger partial charge in [-0.1, -0.05) is 23.3 Å². The highest BCUT2D eigenvalue weighted by molar-refractivity contribution is 5.82. The monoisotopic (exact) mass is 310 g/mol. The van der Waals surface area contributed by atoms with Crippen molar-refractivity contribution >= 4 is 5.97 Å². The lowest BCUT2D eigenvalue weighted by molar-refractivity contribution is -0.135. The third-order valence-corrected chi connectivity index (χ3v) is 3.25. The molecule has 0 heterocycles. The van der Waals surface area contributed by atoms with Crippen LogP contribution in [0.5, 0.6) is 0 Å². The Morgan fingerprint density at radius 2 is 1.55 bits per heavy atom. The van der Waals surface area contributed by atoms with Gasteiger partial charge >= 0.3 is 5.97 Å². The van der Waals surface area contributed by atoms with Gasteiger partial charge in [0.2, 0.25) is 0 Å². The number of hydrogen-bond acceptors (Lipinski definition) is 4. The molecule has 0 radical (unpaired) electrons. The third kappa shape index (κ3) is 9.53. The summed E-state index contributed by atoms with van der Waals surface area (Å²) in [6.45, 7) is 6.35.